The molecular formula is C16H29NO. The molecule has 2 N–H and O–H groups in total. The molecule has 0 unspecified atom stereocenters. The maximum absolute atomic E-state index is 2.27. The predicted molar refractivity (Wildman–Crippen MR) is 80.0 cm³/mol. The van der Waals surface area contributed by atoms with Gasteiger partial charge in [0.1, 0.15) is 0 Å². The summed E-state index contributed by atoms with van der Waals surface area (Å²) in [6, 6.07) is 10.8. The molecule has 0 heterocycles. The lowest BCUT2D eigenvalue weighted by atomic mass is 10.0. The van der Waals surface area contributed by atoms with E-state index in [1.165, 1.54) is 57.1 Å². The van der Waals surface area contributed by atoms with Gasteiger partial charge in [0.2, 0.25) is 0 Å². The van der Waals surface area contributed by atoms with Crippen LogP contribution < -0.4 is 0 Å². The van der Waals surface area contributed by atoms with E-state index in [9.17, 15) is 0 Å². The molecule has 1 aromatic rings. The lowest BCUT2D eigenvalue weighted by Crippen LogP contribution is -2.12. The third-order valence-electron chi connectivity index (χ3n) is 3.16. The van der Waals surface area contributed by atoms with Crippen molar-refractivity contribution in [1.29, 1.82) is 0 Å². The van der Waals surface area contributed by atoms with E-state index >= 15 is 0 Å². The highest BCUT2D eigenvalue weighted by molar-refractivity contribution is 5.14. The van der Waals surface area contributed by atoms with Gasteiger partial charge in [-0.2, -0.15) is 0 Å². The minimum atomic E-state index is 0. The fraction of sp³-hybridized carbons (Fsp3) is 0.625. The van der Waals surface area contributed by atoms with Crippen LogP contribution in [0.25, 0.3) is 0 Å². The fourth-order valence-corrected chi connectivity index (χ4v) is 2.11. The number of unbranched alkanes of at least 4 members (excludes halogenated alkanes) is 5. The molecule has 0 atom stereocenters. The number of aryl methyl sites for hydroxylation is 1. The molecule has 2 nitrogen and oxygen atoms in total. The highest BCUT2D eigenvalue weighted by atomic mass is 16.0. The second kappa shape index (κ2) is 11.2. The van der Waals surface area contributed by atoms with Gasteiger partial charge in [-0.05, 0) is 45.5 Å². The van der Waals surface area contributed by atoms with Gasteiger partial charge < -0.3 is 10.4 Å². The first-order valence-corrected chi connectivity index (χ1v) is 6.97. The van der Waals surface area contributed by atoms with Crippen LogP contribution in [-0.2, 0) is 6.42 Å². The first-order valence-electron chi connectivity index (χ1n) is 6.97. The standard InChI is InChI=1S/C16H27N.H2O/c1-17(2)15-11-6-4-3-5-8-12-16-13-9-7-10-14-16;/h7,9-10,13-14H,3-6,8,11-12,15H2,1-2H3;1H2. The van der Waals surface area contributed by atoms with Crippen molar-refractivity contribution < 1.29 is 5.48 Å². The van der Waals surface area contributed by atoms with Crippen molar-refractivity contribution >= 4 is 0 Å². The Kier molecular flexibility index (Phi) is 10.7. The Morgan fingerprint density at radius 3 is 1.94 bits per heavy atom. The van der Waals surface area contributed by atoms with E-state index in [4.69, 9.17) is 0 Å². The van der Waals surface area contributed by atoms with Crippen molar-refractivity contribution in [2.45, 2.75) is 44.9 Å². The zero-order chi connectivity index (χ0) is 12.3. The molecule has 18 heavy (non-hydrogen) atoms. The second-order valence-electron chi connectivity index (χ2n) is 5.16. The Labute approximate surface area is 112 Å². The van der Waals surface area contributed by atoms with Gasteiger partial charge in [-0.1, -0.05) is 56.0 Å². The predicted octanol–water partition coefficient (Wildman–Crippen LogP) is 3.31. The van der Waals surface area contributed by atoms with Crippen molar-refractivity contribution in [3.8, 4) is 0 Å². The van der Waals surface area contributed by atoms with Gasteiger partial charge in [0.15, 0.2) is 0 Å². The van der Waals surface area contributed by atoms with E-state index in [0.717, 1.165) is 0 Å². The van der Waals surface area contributed by atoms with Crippen molar-refractivity contribution in [1.82, 2.24) is 4.90 Å². The van der Waals surface area contributed by atoms with Gasteiger partial charge in [-0.25, -0.2) is 0 Å². The smallest absolute Gasteiger partial charge is 0.00248 e. The molecule has 0 saturated carbocycles. The summed E-state index contributed by atoms with van der Waals surface area (Å²) < 4.78 is 0. The summed E-state index contributed by atoms with van der Waals surface area (Å²) in [7, 11) is 4.31. The van der Waals surface area contributed by atoms with Gasteiger partial charge in [0, 0.05) is 0 Å². The van der Waals surface area contributed by atoms with Crippen LogP contribution in [0, 0.1) is 0 Å². The van der Waals surface area contributed by atoms with Gasteiger partial charge in [-0.15, -0.1) is 0 Å². The zero-order valence-corrected chi connectivity index (χ0v) is 12.0. The van der Waals surface area contributed by atoms with Gasteiger partial charge in [0.25, 0.3) is 0 Å². The maximum Gasteiger partial charge on any atom is -0.00248 e. The molecule has 1 rings (SSSR count). The van der Waals surface area contributed by atoms with E-state index in [1.807, 2.05) is 0 Å². The van der Waals surface area contributed by atoms with Crippen LogP contribution in [0.15, 0.2) is 30.3 Å². The molecule has 0 aliphatic rings. The lowest BCUT2D eigenvalue weighted by Gasteiger charge is -2.08. The summed E-state index contributed by atoms with van der Waals surface area (Å²) in [5, 5.41) is 0. The Bertz CT molecular complexity index is 272. The van der Waals surface area contributed by atoms with Gasteiger partial charge in [-0.3, -0.25) is 0 Å². The molecular weight excluding hydrogens is 222 g/mol. The molecule has 2 heteroatoms. The Morgan fingerprint density at radius 1 is 0.778 bits per heavy atom. The monoisotopic (exact) mass is 251 g/mol. The third kappa shape index (κ3) is 9.20. The minimum Gasteiger partial charge on any atom is -0.412 e. The van der Waals surface area contributed by atoms with Crippen molar-refractivity contribution in [2.24, 2.45) is 0 Å². The Hall–Kier alpha value is -0.860. The van der Waals surface area contributed by atoms with Crippen molar-refractivity contribution in [3.05, 3.63) is 35.9 Å². The van der Waals surface area contributed by atoms with Crippen LogP contribution in [0.4, 0.5) is 0 Å². The lowest BCUT2D eigenvalue weighted by molar-refractivity contribution is 0.389. The summed E-state index contributed by atoms with van der Waals surface area (Å²) >= 11 is 0. The topological polar surface area (TPSA) is 34.7 Å². The molecule has 0 aromatic heterocycles. The van der Waals surface area contributed by atoms with Crippen LogP contribution in [0.5, 0.6) is 0 Å². The number of rotatable bonds is 9. The molecule has 104 valence electrons. The van der Waals surface area contributed by atoms with E-state index in [-0.39, 0.29) is 5.48 Å². The molecule has 0 aliphatic heterocycles. The van der Waals surface area contributed by atoms with E-state index < -0.39 is 0 Å². The van der Waals surface area contributed by atoms with Crippen LogP contribution in [0.2, 0.25) is 0 Å². The summed E-state index contributed by atoms with van der Waals surface area (Å²) in [6.07, 6.45) is 9.53. The SMILES string of the molecule is CN(C)CCCCCCCCc1ccccc1.O. The number of hydrogen-bond acceptors (Lipinski definition) is 1. The summed E-state index contributed by atoms with van der Waals surface area (Å²) in [5.74, 6) is 0. The average Bonchev–Trinajstić information content (AvgIpc) is 2.33. The molecule has 0 spiro atoms. The molecule has 0 saturated heterocycles. The zero-order valence-electron chi connectivity index (χ0n) is 12.0. The highest BCUT2D eigenvalue weighted by Crippen LogP contribution is 2.09. The normalized spacial score (nSPS) is 10.4. The fourth-order valence-electron chi connectivity index (χ4n) is 2.11. The van der Waals surface area contributed by atoms with Crippen LogP contribution >= 0.6 is 0 Å². The second-order valence-corrected chi connectivity index (χ2v) is 5.16. The van der Waals surface area contributed by atoms with Crippen LogP contribution in [0.1, 0.15) is 44.1 Å². The van der Waals surface area contributed by atoms with Crippen molar-refractivity contribution in [2.75, 3.05) is 20.6 Å². The molecule has 0 bridgehead atoms. The molecule has 0 fully saturated rings. The maximum atomic E-state index is 2.27. The molecule has 0 radical (unpaired) electrons. The summed E-state index contributed by atoms with van der Waals surface area (Å²) in [6.45, 7) is 1.24. The first-order chi connectivity index (χ1) is 8.29. The van der Waals surface area contributed by atoms with Gasteiger partial charge >= 0.3 is 0 Å². The third-order valence-corrected chi connectivity index (χ3v) is 3.16. The van der Waals surface area contributed by atoms with Gasteiger partial charge in [0.05, 0.1) is 0 Å². The molecule has 0 aliphatic carbocycles. The average molecular weight is 251 g/mol. The van der Waals surface area contributed by atoms with Crippen molar-refractivity contribution in [3.63, 3.8) is 0 Å². The number of nitrogens with zero attached hydrogens (tertiary/aromatic N) is 1. The Balaban J connectivity index is 0.00000289. The van der Waals surface area contributed by atoms with Crippen LogP contribution in [-0.4, -0.2) is 31.0 Å². The molecule has 0 amide bonds. The first kappa shape index (κ1) is 17.1. The number of benzene rings is 1. The quantitative estimate of drug-likeness (QED) is 0.620. The highest BCUT2D eigenvalue weighted by Gasteiger charge is 1.94. The van der Waals surface area contributed by atoms with E-state index in [2.05, 4.69) is 49.3 Å². The Morgan fingerprint density at radius 2 is 1.33 bits per heavy atom. The number of hydrogen-bond donors (Lipinski definition) is 0. The minimum absolute atomic E-state index is 0. The van der Waals surface area contributed by atoms with E-state index in [0.29, 0.717) is 0 Å². The summed E-state index contributed by atoms with van der Waals surface area (Å²) in [4.78, 5) is 2.27. The largest absolute Gasteiger partial charge is 0.412 e. The van der Waals surface area contributed by atoms with Crippen LogP contribution in [0.3, 0.4) is 0 Å². The summed E-state index contributed by atoms with van der Waals surface area (Å²) in [5.41, 5.74) is 1.49. The van der Waals surface area contributed by atoms with E-state index in [1.54, 1.807) is 0 Å². The molecule has 1 aromatic carbocycles.